The number of rotatable bonds is 9. The topological polar surface area (TPSA) is 108 Å². The highest BCUT2D eigenvalue weighted by Crippen LogP contribution is 2.45. The highest BCUT2D eigenvalue weighted by Gasteiger charge is 2.61. The summed E-state index contributed by atoms with van der Waals surface area (Å²) in [6.45, 7) is 16.0. The predicted octanol–water partition coefficient (Wildman–Crippen LogP) is 2.80. The van der Waals surface area contributed by atoms with Gasteiger partial charge in [-0.05, 0) is 56.4 Å². The van der Waals surface area contributed by atoms with Crippen LogP contribution in [0.1, 0.15) is 66.2 Å². The molecule has 1 aliphatic heterocycles. The van der Waals surface area contributed by atoms with E-state index in [9.17, 15) is 19.5 Å². The summed E-state index contributed by atoms with van der Waals surface area (Å²) in [5.41, 5.74) is -1.77. The van der Waals surface area contributed by atoms with Gasteiger partial charge < -0.3 is 25.4 Å². The molecule has 0 aromatic heterocycles. The van der Waals surface area contributed by atoms with Gasteiger partial charge in [-0.15, -0.1) is 6.58 Å². The van der Waals surface area contributed by atoms with Crippen LogP contribution in [0.3, 0.4) is 0 Å². The predicted molar refractivity (Wildman–Crippen MR) is 125 cm³/mol. The SMILES string of the molecule is C=CC1CC1(NC(=O)C1CC(C)CN1C(=O)C(NC(=C)OC1CCCC1)C(C)(C)C)C(=O)O. The monoisotopic (exact) mass is 461 g/mol. The van der Waals surface area contributed by atoms with Gasteiger partial charge in [0.2, 0.25) is 11.8 Å². The number of carboxylic acid groups (broad SMARTS) is 1. The lowest BCUT2D eigenvalue weighted by Gasteiger charge is -2.36. The van der Waals surface area contributed by atoms with Gasteiger partial charge in [-0.1, -0.05) is 33.8 Å². The third kappa shape index (κ3) is 5.36. The fraction of sp³-hybridized carbons (Fsp3) is 0.720. The third-order valence-corrected chi connectivity index (χ3v) is 7.15. The Morgan fingerprint density at radius 1 is 1.24 bits per heavy atom. The molecule has 1 saturated heterocycles. The fourth-order valence-electron chi connectivity index (χ4n) is 5.07. The normalized spacial score (nSPS) is 30.4. The first-order valence-electron chi connectivity index (χ1n) is 12.0. The lowest BCUT2D eigenvalue weighted by Crippen LogP contribution is -2.58. The van der Waals surface area contributed by atoms with Crippen LogP contribution >= 0.6 is 0 Å². The summed E-state index contributed by atoms with van der Waals surface area (Å²) in [7, 11) is 0. The molecule has 3 fully saturated rings. The first-order valence-corrected chi connectivity index (χ1v) is 12.0. The Kier molecular flexibility index (Phi) is 7.15. The summed E-state index contributed by atoms with van der Waals surface area (Å²) < 4.78 is 5.94. The third-order valence-electron chi connectivity index (χ3n) is 7.15. The van der Waals surface area contributed by atoms with Crippen LogP contribution in [0.4, 0.5) is 0 Å². The highest BCUT2D eigenvalue weighted by atomic mass is 16.5. The molecule has 3 aliphatic rings. The van der Waals surface area contributed by atoms with E-state index in [2.05, 4.69) is 23.8 Å². The van der Waals surface area contributed by atoms with Crippen LogP contribution in [-0.2, 0) is 19.1 Å². The number of carbonyl (C=O) groups excluding carboxylic acids is 2. The molecule has 0 aromatic rings. The molecule has 0 aromatic carbocycles. The molecule has 184 valence electrons. The molecule has 3 rings (SSSR count). The molecule has 3 N–H and O–H groups in total. The van der Waals surface area contributed by atoms with Crippen LogP contribution in [0.15, 0.2) is 25.1 Å². The number of amides is 2. The van der Waals surface area contributed by atoms with Gasteiger partial charge >= 0.3 is 5.97 Å². The standard InChI is InChI=1S/C25H39N3O5/c1-7-17-13-25(17,23(31)32)27-21(29)19-12-15(2)14-28(19)22(30)20(24(4,5)6)26-16(3)33-18-10-8-9-11-18/h7,15,17-20,26H,1,3,8-14H2,2,4-6H3,(H,27,29)(H,31,32). The summed E-state index contributed by atoms with van der Waals surface area (Å²) in [5.74, 6) is -1.50. The molecule has 5 unspecified atom stereocenters. The summed E-state index contributed by atoms with van der Waals surface area (Å²) in [4.78, 5) is 40.3. The molecule has 2 saturated carbocycles. The Balaban J connectivity index is 1.73. The van der Waals surface area contributed by atoms with Crippen molar-refractivity contribution in [2.45, 2.75) is 89.9 Å². The van der Waals surface area contributed by atoms with E-state index in [1.807, 2.05) is 27.7 Å². The first kappa shape index (κ1) is 25.1. The van der Waals surface area contributed by atoms with Crippen LogP contribution in [-0.4, -0.2) is 58.1 Å². The number of ether oxygens (including phenoxy) is 1. The van der Waals surface area contributed by atoms with Crippen molar-refractivity contribution in [2.75, 3.05) is 6.54 Å². The smallest absolute Gasteiger partial charge is 0.330 e. The molecular formula is C25H39N3O5. The van der Waals surface area contributed by atoms with E-state index in [0.29, 0.717) is 25.3 Å². The van der Waals surface area contributed by atoms with E-state index < -0.39 is 34.9 Å². The molecule has 1 heterocycles. The zero-order valence-electron chi connectivity index (χ0n) is 20.4. The molecule has 33 heavy (non-hydrogen) atoms. The Morgan fingerprint density at radius 2 is 1.88 bits per heavy atom. The van der Waals surface area contributed by atoms with Gasteiger partial charge in [-0.25, -0.2) is 4.79 Å². The van der Waals surface area contributed by atoms with Crippen molar-refractivity contribution in [3.05, 3.63) is 25.1 Å². The van der Waals surface area contributed by atoms with E-state index in [1.54, 1.807) is 11.0 Å². The molecule has 2 aliphatic carbocycles. The van der Waals surface area contributed by atoms with Gasteiger partial charge in [0.05, 0.1) is 0 Å². The second-order valence-electron chi connectivity index (χ2n) is 11.1. The lowest BCUT2D eigenvalue weighted by molar-refractivity contribution is -0.146. The molecule has 5 atom stereocenters. The van der Waals surface area contributed by atoms with Crippen LogP contribution in [0.2, 0.25) is 0 Å². The van der Waals surface area contributed by atoms with E-state index in [4.69, 9.17) is 4.74 Å². The van der Waals surface area contributed by atoms with Crippen molar-refractivity contribution in [3.8, 4) is 0 Å². The average molecular weight is 462 g/mol. The molecule has 8 nitrogen and oxygen atoms in total. The molecule has 8 heteroatoms. The molecule has 2 amide bonds. The van der Waals surface area contributed by atoms with E-state index >= 15 is 0 Å². The zero-order chi connectivity index (χ0) is 24.6. The number of carboxylic acids is 1. The number of hydrogen-bond donors (Lipinski definition) is 3. The van der Waals surface area contributed by atoms with Crippen LogP contribution in [0.25, 0.3) is 0 Å². The number of nitrogens with one attached hydrogen (secondary N) is 2. The molecule has 0 bridgehead atoms. The first-order chi connectivity index (χ1) is 15.4. The Bertz CT molecular complexity index is 813. The quantitative estimate of drug-likeness (QED) is 0.360. The maximum atomic E-state index is 13.7. The van der Waals surface area contributed by atoms with Crippen molar-refractivity contribution in [1.29, 1.82) is 0 Å². The Labute approximate surface area is 196 Å². The fourth-order valence-corrected chi connectivity index (χ4v) is 5.07. The summed E-state index contributed by atoms with van der Waals surface area (Å²) >= 11 is 0. The van der Waals surface area contributed by atoms with Gasteiger partial charge in [0.25, 0.3) is 0 Å². The number of aliphatic carboxylic acids is 1. The molecule has 0 radical (unpaired) electrons. The zero-order valence-corrected chi connectivity index (χ0v) is 20.4. The largest absolute Gasteiger partial charge is 0.479 e. The maximum absolute atomic E-state index is 13.7. The Hall–Kier alpha value is -2.51. The lowest BCUT2D eigenvalue weighted by atomic mass is 9.85. The maximum Gasteiger partial charge on any atom is 0.330 e. The minimum Gasteiger partial charge on any atom is -0.479 e. The van der Waals surface area contributed by atoms with Crippen molar-refractivity contribution in [2.24, 2.45) is 17.3 Å². The van der Waals surface area contributed by atoms with Gasteiger partial charge in [0.1, 0.15) is 23.7 Å². The summed E-state index contributed by atoms with van der Waals surface area (Å²) in [6, 6.07) is -1.35. The van der Waals surface area contributed by atoms with Gasteiger partial charge in [-0.3, -0.25) is 9.59 Å². The van der Waals surface area contributed by atoms with Crippen molar-refractivity contribution < 1.29 is 24.2 Å². The number of nitrogens with zero attached hydrogens (tertiary/aromatic N) is 1. The van der Waals surface area contributed by atoms with Gasteiger partial charge in [0, 0.05) is 12.5 Å². The van der Waals surface area contributed by atoms with Crippen molar-refractivity contribution in [1.82, 2.24) is 15.5 Å². The minimum absolute atomic E-state index is 0.120. The number of likely N-dealkylation sites (tertiary alicyclic amines) is 1. The summed E-state index contributed by atoms with van der Waals surface area (Å²) in [6.07, 6.45) is 6.72. The Morgan fingerprint density at radius 3 is 2.39 bits per heavy atom. The van der Waals surface area contributed by atoms with Crippen LogP contribution < -0.4 is 10.6 Å². The molecule has 0 spiro atoms. The summed E-state index contributed by atoms with van der Waals surface area (Å²) in [5, 5.41) is 15.6. The number of carbonyl (C=O) groups is 3. The van der Waals surface area contributed by atoms with Crippen molar-refractivity contribution in [3.63, 3.8) is 0 Å². The van der Waals surface area contributed by atoms with E-state index in [-0.39, 0.29) is 23.8 Å². The van der Waals surface area contributed by atoms with E-state index in [1.165, 1.54) is 0 Å². The second kappa shape index (κ2) is 9.39. The van der Waals surface area contributed by atoms with Crippen LogP contribution in [0, 0.1) is 17.3 Å². The minimum atomic E-state index is -1.32. The highest BCUT2D eigenvalue weighted by molar-refractivity contribution is 5.95. The van der Waals surface area contributed by atoms with E-state index in [0.717, 1.165) is 25.7 Å². The van der Waals surface area contributed by atoms with Gasteiger partial charge in [0.15, 0.2) is 5.88 Å². The molecular weight excluding hydrogens is 422 g/mol. The van der Waals surface area contributed by atoms with Gasteiger partial charge in [-0.2, -0.15) is 0 Å². The average Bonchev–Trinajstić information content (AvgIpc) is 3.01. The number of hydrogen-bond acceptors (Lipinski definition) is 5. The van der Waals surface area contributed by atoms with Crippen molar-refractivity contribution >= 4 is 17.8 Å². The van der Waals surface area contributed by atoms with Crippen LogP contribution in [0.5, 0.6) is 0 Å². The second-order valence-corrected chi connectivity index (χ2v) is 11.1.